The molecule has 0 aliphatic carbocycles. The summed E-state index contributed by atoms with van der Waals surface area (Å²) in [5.41, 5.74) is 1.59. The van der Waals surface area contributed by atoms with Gasteiger partial charge in [-0.15, -0.1) is 0 Å². The van der Waals surface area contributed by atoms with Crippen LogP contribution in [0.5, 0.6) is 0 Å². The molecule has 5 nitrogen and oxygen atoms in total. The topological polar surface area (TPSA) is 65.1 Å². The molecule has 0 unspecified atom stereocenters. The number of benzene rings is 1. The minimum atomic E-state index is -0.428. The maximum atomic E-state index is 11.0. The number of aryl methyl sites for hydroxylation is 1. The molecule has 0 bridgehead atoms. The zero-order valence-corrected chi connectivity index (χ0v) is 9.16. The molecule has 0 aliphatic rings. The first-order chi connectivity index (χ1) is 8.08. The molecule has 0 saturated heterocycles. The van der Waals surface area contributed by atoms with Crippen molar-refractivity contribution in [3.8, 4) is 5.69 Å². The van der Waals surface area contributed by atoms with Crippen LogP contribution in [0, 0.1) is 17.0 Å². The van der Waals surface area contributed by atoms with Crippen molar-refractivity contribution in [1.82, 2.24) is 4.57 Å². The fourth-order valence-electron chi connectivity index (χ4n) is 1.62. The number of nitro benzene ring substituents is 1. The molecule has 17 heavy (non-hydrogen) atoms. The van der Waals surface area contributed by atoms with Gasteiger partial charge in [0, 0.05) is 42.3 Å². The predicted octanol–water partition coefficient (Wildman–Crippen LogP) is 2.05. The Hall–Kier alpha value is -2.43. The number of pyridine rings is 1. The molecule has 1 heterocycles. The lowest BCUT2D eigenvalue weighted by molar-refractivity contribution is -0.384. The highest BCUT2D eigenvalue weighted by molar-refractivity contribution is 5.47. The third-order valence-corrected chi connectivity index (χ3v) is 2.47. The van der Waals surface area contributed by atoms with E-state index in [1.54, 1.807) is 30.0 Å². The second-order valence-corrected chi connectivity index (χ2v) is 3.67. The molecule has 2 aromatic rings. The molecule has 0 spiro atoms. The quantitative estimate of drug-likeness (QED) is 0.585. The number of hydrogen-bond donors (Lipinski definition) is 0. The third-order valence-electron chi connectivity index (χ3n) is 2.47. The highest BCUT2D eigenvalue weighted by atomic mass is 16.6. The average molecular weight is 230 g/mol. The number of rotatable bonds is 2. The van der Waals surface area contributed by atoms with Crippen LogP contribution in [0.3, 0.4) is 0 Å². The summed E-state index contributed by atoms with van der Waals surface area (Å²) in [6.45, 7) is 1.79. The molecule has 1 aromatic heterocycles. The van der Waals surface area contributed by atoms with Crippen molar-refractivity contribution in [1.29, 1.82) is 0 Å². The van der Waals surface area contributed by atoms with Crippen molar-refractivity contribution in [2.24, 2.45) is 0 Å². The third kappa shape index (κ3) is 2.23. The maximum Gasteiger partial charge on any atom is 0.269 e. The molecule has 2 rings (SSSR count). The van der Waals surface area contributed by atoms with Gasteiger partial charge >= 0.3 is 0 Å². The Bertz CT molecular complexity index is 611. The van der Waals surface area contributed by atoms with Crippen LogP contribution in [-0.4, -0.2) is 9.49 Å². The Morgan fingerprint density at radius 1 is 1.18 bits per heavy atom. The minimum absolute atomic E-state index is 0.0623. The lowest BCUT2D eigenvalue weighted by Crippen LogP contribution is -2.03. The standard InChI is InChI=1S/C12H10N2O3/c1-9-8-10(14(16)17)2-3-12(9)13-6-4-11(15)5-7-13/h2-8H,1H3. The summed E-state index contributed by atoms with van der Waals surface area (Å²) in [6.07, 6.45) is 3.27. The largest absolute Gasteiger partial charge is 0.323 e. The predicted molar refractivity (Wildman–Crippen MR) is 63.4 cm³/mol. The number of hydrogen-bond acceptors (Lipinski definition) is 3. The van der Waals surface area contributed by atoms with E-state index >= 15 is 0 Å². The van der Waals surface area contributed by atoms with E-state index in [9.17, 15) is 14.9 Å². The van der Waals surface area contributed by atoms with Crippen molar-refractivity contribution in [3.63, 3.8) is 0 Å². The number of nitro groups is 1. The smallest absolute Gasteiger partial charge is 0.269 e. The summed E-state index contributed by atoms with van der Waals surface area (Å²) in [7, 11) is 0. The average Bonchev–Trinajstić information content (AvgIpc) is 2.30. The zero-order chi connectivity index (χ0) is 12.4. The molecule has 86 valence electrons. The summed E-state index contributed by atoms with van der Waals surface area (Å²) in [6, 6.07) is 7.51. The van der Waals surface area contributed by atoms with Crippen LogP contribution in [0.15, 0.2) is 47.5 Å². The Morgan fingerprint density at radius 2 is 1.82 bits per heavy atom. The van der Waals surface area contributed by atoms with Crippen LogP contribution in [0.1, 0.15) is 5.56 Å². The fraction of sp³-hybridized carbons (Fsp3) is 0.0833. The molecule has 0 saturated carbocycles. The lowest BCUT2D eigenvalue weighted by atomic mass is 10.1. The number of non-ortho nitro benzene ring substituents is 1. The van der Waals surface area contributed by atoms with Crippen LogP contribution in [0.25, 0.3) is 5.69 Å². The van der Waals surface area contributed by atoms with E-state index in [1.165, 1.54) is 24.3 Å². The summed E-state index contributed by atoms with van der Waals surface area (Å²) >= 11 is 0. The van der Waals surface area contributed by atoms with E-state index in [-0.39, 0.29) is 11.1 Å². The van der Waals surface area contributed by atoms with Gasteiger partial charge in [-0.05, 0) is 18.6 Å². The second kappa shape index (κ2) is 4.21. The van der Waals surface area contributed by atoms with Gasteiger partial charge in [-0.3, -0.25) is 14.9 Å². The first-order valence-corrected chi connectivity index (χ1v) is 5.01. The van der Waals surface area contributed by atoms with Crippen molar-refractivity contribution in [3.05, 3.63) is 68.6 Å². The van der Waals surface area contributed by atoms with Crippen molar-refractivity contribution >= 4 is 5.69 Å². The second-order valence-electron chi connectivity index (χ2n) is 3.67. The van der Waals surface area contributed by atoms with Gasteiger partial charge in [0.15, 0.2) is 5.43 Å². The molecule has 0 N–H and O–H groups in total. The van der Waals surface area contributed by atoms with Crippen LogP contribution < -0.4 is 5.43 Å². The van der Waals surface area contributed by atoms with Gasteiger partial charge in [0.2, 0.25) is 0 Å². The Labute approximate surface area is 97.1 Å². The van der Waals surface area contributed by atoms with Gasteiger partial charge in [0.05, 0.1) is 4.92 Å². The van der Waals surface area contributed by atoms with E-state index in [2.05, 4.69) is 0 Å². The van der Waals surface area contributed by atoms with Gasteiger partial charge in [-0.25, -0.2) is 0 Å². The van der Waals surface area contributed by atoms with Crippen LogP contribution in [0.4, 0.5) is 5.69 Å². The molecule has 0 amide bonds. The van der Waals surface area contributed by atoms with E-state index in [0.717, 1.165) is 11.3 Å². The zero-order valence-electron chi connectivity index (χ0n) is 9.16. The maximum absolute atomic E-state index is 11.0. The summed E-state index contributed by atoms with van der Waals surface area (Å²) in [5.74, 6) is 0. The van der Waals surface area contributed by atoms with Crippen molar-refractivity contribution < 1.29 is 4.92 Å². The van der Waals surface area contributed by atoms with Crippen LogP contribution in [0.2, 0.25) is 0 Å². The van der Waals surface area contributed by atoms with Crippen LogP contribution >= 0.6 is 0 Å². The van der Waals surface area contributed by atoms with Gasteiger partial charge in [0.25, 0.3) is 5.69 Å². The van der Waals surface area contributed by atoms with Gasteiger partial charge in [-0.2, -0.15) is 0 Å². The van der Waals surface area contributed by atoms with E-state index in [0.29, 0.717) is 0 Å². The highest BCUT2D eigenvalue weighted by Crippen LogP contribution is 2.19. The highest BCUT2D eigenvalue weighted by Gasteiger charge is 2.08. The van der Waals surface area contributed by atoms with Crippen molar-refractivity contribution in [2.45, 2.75) is 6.92 Å². The number of nitrogens with zero attached hydrogens (tertiary/aromatic N) is 2. The van der Waals surface area contributed by atoms with Gasteiger partial charge < -0.3 is 4.57 Å². The Kier molecular flexibility index (Phi) is 2.74. The van der Waals surface area contributed by atoms with Gasteiger partial charge in [0.1, 0.15) is 0 Å². The SMILES string of the molecule is Cc1cc([N+](=O)[O-])ccc1-n1ccc(=O)cc1. The Morgan fingerprint density at radius 3 is 2.35 bits per heavy atom. The molecule has 0 atom stereocenters. The molecule has 1 aromatic carbocycles. The molecule has 0 radical (unpaired) electrons. The van der Waals surface area contributed by atoms with Crippen LogP contribution in [-0.2, 0) is 0 Å². The van der Waals surface area contributed by atoms with E-state index in [1.807, 2.05) is 0 Å². The first kappa shape index (κ1) is 11.1. The monoisotopic (exact) mass is 230 g/mol. The van der Waals surface area contributed by atoms with E-state index < -0.39 is 4.92 Å². The molecule has 0 aliphatic heterocycles. The molecule has 0 fully saturated rings. The molecular weight excluding hydrogens is 220 g/mol. The van der Waals surface area contributed by atoms with E-state index in [4.69, 9.17) is 0 Å². The first-order valence-electron chi connectivity index (χ1n) is 5.01. The fourth-order valence-corrected chi connectivity index (χ4v) is 1.62. The van der Waals surface area contributed by atoms with Crippen molar-refractivity contribution in [2.75, 3.05) is 0 Å². The summed E-state index contributed by atoms with van der Waals surface area (Å²) in [4.78, 5) is 21.2. The molecular formula is C12H10N2O3. The van der Waals surface area contributed by atoms with Gasteiger partial charge in [-0.1, -0.05) is 0 Å². The normalized spacial score (nSPS) is 10.2. The summed E-state index contributed by atoms with van der Waals surface area (Å²) in [5, 5.41) is 10.6. The molecule has 5 heteroatoms. The lowest BCUT2D eigenvalue weighted by Gasteiger charge is -2.08. The minimum Gasteiger partial charge on any atom is -0.323 e. The summed E-state index contributed by atoms with van der Waals surface area (Å²) < 4.78 is 1.75. The number of aromatic nitrogens is 1. The Balaban J connectivity index is 2.50.